The predicted octanol–water partition coefficient (Wildman–Crippen LogP) is 1.88. The van der Waals surface area contributed by atoms with Crippen molar-refractivity contribution in [2.75, 3.05) is 6.54 Å². The van der Waals surface area contributed by atoms with E-state index in [-0.39, 0.29) is 5.91 Å². The molecule has 104 valence electrons. The third-order valence-electron chi connectivity index (χ3n) is 3.20. The highest BCUT2D eigenvalue weighted by Crippen LogP contribution is 2.15. The molecule has 1 aliphatic heterocycles. The number of nitriles is 1. The van der Waals surface area contributed by atoms with E-state index in [1.807, 2.05) is 11.0 Å². The van der Waals surface area contributed by atoms with Crippen LogP contribution in [-0.2, 0) is 16.1 Å². The minimum Gasteiger partial charge on any atom is -0.444 e. The number of carbonyl (C=O) groups excluding carboxylic acids is 2. The Labute approximate surface area is 117 Å². The molecule has 1 atom stereocenters. The van der Waals surface area contributed by atoms with Gasteiger partial charge >= 0.3 is 5.97 Å². The summed E-state index contributed by atoms with van der Waals surface area (Å²) in [4.78, 5) is 25.0. The highest BCUT2D eigenvalue weighted by molar-refractivity contribution is 5.89. The normalized spacial score (nSPS) is 15.8. The molecule has 1 fully saturated rings. The summed E-state index contributed by atoms with van der Waals surface area (Å²) in [7, 11) is 0. The number of ether oxygens (including phenoxy) is 1. The fourth-order valence-electron chi connectivity index (χ4n) is 2.09. The van der Waals surface area contributed by atoms with Gasteiger partial charge in [0.25, 0.3) is 0 Å². The summed E-state index contributed by atoms with van der Waals surface area (Å²) < 4.78 is 4.91. The summed E-state index contributed by atoms with van der Waals surface area (Å²) in [5.41, 5.74) is 1.38. The second-order valence-corrected chi connectivity index (χ2v) is 4.79. The van der Waals surface area contributed by atoms with Crippen LogP contribution in [0.1, 0.15) is 35.7 Å². The van der Waals surface area contributed by atoms with E-state index in [0.29, 0.717) is 18.5 Å². The standard InChI is InChI=1S/C15H16N2O3/c1-11(9-16)20-15(19)13-6-4-12(5-7-13)10-17-8-2-3-14(17)18/h4-7,11H,2-3,8,10H2,1H3. The van der Waals surface area contributed by atoms with Crippen LogP contribution in [0.3, 0.4) is 0 Å². The van der Waals surface area contributed by atoms with E-state index in [4.69, 9.17) is 10.00 Å². The molecule has 0 spiro atoms. The van der Waals surface area contributed by atoms with Gasteiger partial charge in [-0.1, -0.05) is 12.1 Å². The van der Waals surface area contributed by atoms with Gasteiger partial charge in [0.05, 0.1) is 5.56 Å². The van der Waals surface area contributed by atoms with Crippen LogP contribution in [0.25, 0.3) is 0 Å². The zero-order chi connectivity index (χ0) is 14.5. The number of amides is 1. The highest BCUT2D eigenvalue weighted by atomic mass is 16.5. The lowest BCUT2D eigenvalue weighted by Crippen LogP contribution is -2.23. The molecule has 2 rings (SSSR count). The average Bonchev–Trinajstić information content (AvgIpc) is 2.85. The first kappa shape index (κ1) is 14.1. The number of nitrogens with zero attached hydrogens (tertiary/aromatic N) is 2. The SMILES string of the molecule is CC(C#N)OC(=O)c1ccc(CN2CCCC2=O)cc1. The molecule has 0 aliphatic carbocycles. The lowest BCUT2D eigenvalue weighted by atomic mass is 10.1. The molecule has 1 amide bonds. The van der Waals surface area contributed by atoms with Crippen LogP contribution in [-0.4, -0.2) is 29.4 Å². The summed E-state index contributed by atoms with van der Waals surface area (Å²) in [6.07, 6.45) is 0.774. The Morgan fingerprint density at radius 2 is 2.15 bits per heavy atom. The van der Waals surface area contributed by atoms with Crippen molar-refractivity contribution in [2.45, 2.75) is 32.4 Å². The van der Waals surface area contributed by atoms with Gasteiger partial charge in [0, 0.05) is 19.5 Å². The molecule has 0 N–H and O–H groups in total. The van der Waals surface area contributed by atoms with E-state index >= 15 is 0 Å². The van der Waals surface area contributed by atoms with Gasteiger partial charge in [0.2, 0.25) is 5.91 Å². The number of rotatable bonds is 4. The summed E-state index contributed by atoms with van der Waals surface area (Å²) in [5.74, 6) is -0.334. The second-order valence-electron chi connectivity index (χ2n) is 4.79. The van der Waals surface area contributed by atoms with Gasteiger partial charge in [-0.25, -0.2) is 4.79 Å². The van der Waals surface area contributed by atoms with Crippen LogP contribution in [0.15, 0.2) is 24.3 Å². The second kappa shape index (κ2) is 6.20. The number of likely N-dealkylation sites (tertiary alicyclic amines) is 1. The molecule has 0 radical (unpaired) electrons. The largest absolute Gasteiger partial charge is 0.444 e. The first-order chi connectivity index (χ1) is 9.60. The molecule has 1 heterocycles. The molecule has 20 heavy (non-hydrogen) atoms. The summed E-state index contributed by atoms with van der Waals surface area (Å²) >= 11 is 0. The van der Waals surface area contributed by atoms with Crippen molar-refractivity contribution in [3.63, 3.8) is 0 Å². The van der Waals surface area contributed by atoms with Gasteiger partial charge < -0.3 is 9.64 Å². The molecule has 1 aliphatic rings. The molecule has 0 aromatic heterocycles. The molecule has 0 saturated carbocycles. The summed E-state index contributed by atoms with van der Waals surface area (Å²) in [6.45, 7) is 2.89. The lowest BCUT2D eigenvalue weighted by molar-refractivity contribution is -0.128. The smallest absolute Gasteiger partial charge is 0.339 e. The van der Waals surface area contributed by atoms with Crippen molar-refractivity contribution in [3.05, 3.63) is 35.4 Å². The topological polar surface area (TPSA) is 70.4 Å². The maximum absolute atomic E-state index is 11.7. The van der Waals surface area contributed by atoms with Crippen LogP contribution in [0.5, 0.6) is 0 Å². The monoisotopic (exact) mass is 272 g/mol. The molecule has 1 saturated heterocycles. The predicted molar refractivity (Wildman–Crippen MR) is 71.6 cm³/mol. The van der Waals surface area contributed by atoms with Crippen molar-refractivity contribution >= 4 is 11.9 Å². The fourth-order valence-corrected chi connectivity index (χ4v) is 2.09. The number of hydrogen-bond acceptors (Lipinski definition) is 4. The maximum Gasteiger partial charge on any atom is 0.339 e. The van der Waals surface area contributed by atoms with Crippen LogP contribution in [0.4, 0.5) is 0 Å². The van der Waals surface area contributed by atoms with Crippen molar-refractivity contribution in [3.8, 4) is 6.07 Å². The van der Waals surface area contributed by atoms with Gasteiger partial charge in [-0.2, -0.15) is 5.26 Å². The Balaban J connectivity index is 1.97. The van der Waals surface area contributed by atoms with Gasteiger partial charge in [-0.15, -0.1) is 0 Å². The Kier molecular flexibility index (Phi) is 4.36. The minimum absolute atomic E-state index is 0.177. The van der Waals surface area contributed by atoms with E-state index in [1.165, 1.54) is 6.92 Å². The summed E-state index contributed by atoms with van der Waals surface area (Å²) in [5, 5.41) is 8.59. The van der Waals surface area contributed by atoms with Crippen molar-refractivity contribution in [1.82, 2.24) is 4.90 Å². The van der Waals surface area contributed by atoms with Crippen molar-refractivity contribution in [2.24, 2.45) is 0 Å². The van der Waals surface area contributed by atoms with Gasteiger partial charge in [0.15, 0.2) is 6.10 Å². The first-order valence-corrected chi connectivity index (χ1v) is 6.57. The van der Waals surface area contributed by atoms with E-state index in [1.54, 1.807) is 24.3 Å². The van der Waals surface area contributed by atoms with Gasteiger partial charge in [-0.3, -0.25) is 4.79 Å². The van der Waals surface area contributed by atoms with E-state index in [0.717, 1.165) is 18.5 Å². The Bertz CT molecular complexity index is 545. The molecule has 0 bridgehead atoms. The Hall–Kier alpha value is -2.35. The molecule has 1 unspecified atom stereocenters. The average molecular weight is 272 g/mol. The molecule has 1 aromatic carbocycles. The lowest BCUT2D eigenvalue weighted by Gasteiger charge is -2.15. The van der Waals surface area contributed by atoms with Gasteiger partial charge in [0.1, 0.15) is 6.07 Å². The number of benzene rings is 1. The molecular weight excluding hydrogens is 256 g/mol. The van der Waals surface area contributed by atoms with E-state index in [2.05, 4.69) is 0 Å². The third kappa shape index (κ3) is 3.35. The Morgan fingerprint density at radius 3 is 2.70 bits per heavy atom. The maximum atomic E-state index is 11.7. The van der Waals surface area contributed by atoms with Crippen LogP contribution < -0.4 is 0 Å². The zero-order valence-corrected chi connectivity index (χ0v) is 11.3. The molecule has 5 nitrogen and oxygen atoms in total. The third-order valence-corrected chi connectivity index (χ3v) is 3.20. The number of carbonyl (C=O) groups is 2. The molecular formula is C15H16N2O3. The molecule has 1 aromatic rings. The van der Waals surface area contributed by atoms with Crippen molar-refractivity contribution < 1.29 is 14.3 Å². The quantitative estimate of drug-likeness (QED) is 0.785. The molecule has 5 heteroatoms. The van der Waals surface area contributed by atoms with Crippen molar-refractivity contribution in [1.29, 1.82) is 5.26 Å². The number of esters is 1. The summed E-state index contributed by atoms with van der Waals surface area (Å²) in [6, 6.07) is 8.76. The van der Waals surface area contributed by atoms with Crippen LogP contribution >= 0.6 is 0 Å². The fraction of sp³-hybridized carbons (Fsp3) is 0.400. The van der Waals surface area contributed by atoms with Crippen LogP contribution in [0, 0.1) is 11.3 Å². The first-order valence-electron chi connectivity index (χ1n) is 6.57. The number of hydrogen-bond donors (Lipinski definition) is 0. The van der Waals surface area contributed by atoms with E-state index < -0.39 is 12.1 Å². The highest BCUT2D eigenvalue weighted by Gasteiger charge is 2.20. The Morgan fingerprint density at radius 1 is 1.45 bits per heavy atom. The van der Waals surface area contributed by atoms with Crippen LogP contribution in [0.2, 0.25) is 0 Å². The minimum atomic E-state index is -0.760. The zero-order valence-electron chi connectivity index (χ0n) is 11.3. The van der Waals surface area contributed by atoms with Gasteiger partial charge in [-0.05, 0) is 31.0 Å². The van der Waals surface area contributed by atoms with E-state index in [9.17, 15) is 9.59 Å².